The molecule has 0 bridgehead atoms. The van der Waals surface area contributed by atoms with Crippen LogP contribution in [0.2, 0.25) is 0 Å². The van der Waals surface area contributed by atoms with Gasteiger partial charge in [-0.2, -0.15) is 0 Å². The van der Waals surface area contributed by atoms with E-state index >= 15 is 0 Å². The second-order valence-corrected chi connectivity index (χ2v) is 6.09. The Balaban J connectivity index is 2.02. The van der Waals surface area contributed by atoms with E-state index in [0.717, 1.165) is 22.5 Å². The summed E-state index contributed by atoms with van der Waals surface area (Å²) in [6.45, 7) is 4.29. The molecule has 0 aromatic heterocycles. The summed E-state index contributed by atoms with van der Waals surface area (Å²) in [5.41, 5.74) is 3.15. The molecule has 1 aliphatic carbocycles. The van der Waals surface area contributed by atoms with Gasteiger partial charge in [0.2, 0.25) is 5.91 Å². The highest BCUT2D eigenvalue weighted by Crippen LogP contribution is 2.34. The molecule has 2 N–H and O–H groups in total. The predicted octanol–water partition coefficient (Wildman–Crippen LogP) is 2.76. The maximum atomic E-state index is 12.4. The summed E-state index contributed by atoms with van der Waals surface area (Å²) in [5.74, 6) is -1.49. The summed E-state index contributed by atoms with van der Waals surface area (Å²) in [6.07, 6.45) is 0.957. The summed E-state index contributed by atoms with van der Waals surface area (Å²) >= 11 is 0. The van der Waals surface area contributed by atoms with Crippen LogP contribution in [0.3, 0.4) is 0 Å². The van der Waals surface area contributed by atoms with Gasteiger partial charge in [-0.15, -0.1) is 0 Å². The SMILES string of the molecule is COc1ccc(CNC(=O)[C@H]2CC(C)=C(C)C[C@H]2C(=O)O)cc1. The fraction of sp³-hybridized carbons (Fsp3) is 0.444. The van der Waals surface area contributed by atoms with Crippen LogP contribution in [-0.4, -0.2) is 24.1 Å². The first-order chi connectivity index (χ1) is 10.9. The molecule has 0 saturated heterocycles. The standard InChI is InChI=1S/C18H23NO4/c1-11-8-15(16(18(21)22)9-12(11)2)17(20)19-10-13-4-6-14(23-3)7-5-13/h4-7,15-16H,8-10H2,1-3H3,(H,19,20)(H,21,22)/t15-,16+/m0/s1. The van der Waals surface area contributed by atoms with Crippen LogP contribution in [-0.2, 0) is 16.1 Å². The smallest absolute Gasteiger partial charge is 0.307 e. The number of rotatable bonds is 5. The lowest BCUT2D eigenvalue weighted by molar-refractivity contribution is -0.147. The minimum atomic E-state index is -0.901. The highest BCUT2D eigenvalue weighted by Gasteiger charge is 2.37. The largest absolute Gasteiger partial charge is 0.497 e. The van der Waals surface area contributed by atoms with Crippen LogP contribution in [0.1, 0.15) is 32.3 Å². The fourth-order valence-corrected chi connectivity index (χ4v) is 2.89. The zero-order chi connectivity index (χ0) is 17.0. The van der Waals surface area contributed by atoms with E-state index < -0.39 is 17.8 Å². The average Bonchev–Trinajstić information content (AvgIpc) is 2.55. The number of aliphatic carboxylic acids is 1. The van der Waals surface area contributed by atoms with E-state index in [0.29, 0.717) is 19.4 Å². The van der Waals surface area contributed by atoms with E-state index in [4.69, 9.17) is 4.74 Å². The Bertz CT molecular complexity index is 618. The van der Waals surface area contributed by atoms with Gasteiger partial charge in [0.15, 0.2) is 0 Å². The number of carboxylic acids is 1. The van der Waals surface area contributed by atoms with Gasteiger partial charge in [0.05, 0.1) is 18.9 Å². The topological polar surface area (TPSA) is 75.6 Å². The van der Waals surface area contributed by atoms with Crippen molar-refractivity contribution in [3.63, 3.8) is 0 Å². The van der Waals surface area contributed by atoms with Crippen molar-refractivity contribution in [2.24, 2.45) is 11.8 Å². The Morgan fingerprint density at radius 2 is 1.70 bits per heavy atom. The van der Waals surface area contributed by atoms with E-state index in [1.165, 1.54) is 0 Å². The summed E-state index contributed by atoms with van der Waals surface area (Å²) in [6, 6.07) is 7.42. The van der Waals surface area contributed by atoms with Gasteiger partial charge in [-0.1, -0.05) is 23.3 Å². The van der Waals surface area contributed by atoms with Crippen LogP contribution in [0.25, 0.3) is 0 Å². The normalized spacial score (nSPS) is 21.0. The number of hydrogen-bond acceptors (Lipinski definition) is 3. The van der Waals surface area contributed by atoms with Crippen molar-refractivity contribution >= 4 is 11.9 Å². The fourth-order valence-electron chi connectivity index (χ4n) is 2.89. The van der Waals surface area contributed by atoms with E-state index in [2.05, 4.69) is 5.32 Å². The zero-order valence-corrected chi connectivity index (χ0v) is 13.8. The van der Waals surface area contributed by atoms with Gasteiger partial charge < -0.3 is 15.2 Å². The lowest BCUT2D eigenvalue weighted by Crippen LogP contribution is -2.39. The van der Waals surface area contributed by atoms with Gasteiger partial charge in [-0.05, 0) is 44.4 Å². The molecule has 0 aliphatic heterocycles. The summed E-state index contributed by atoms with van der Waals surface area (Å²) in [7, 11) is 1.60. The molecule has 0 spiro atoms. The molecule has 0 unspecified atom stereocenters. The molecule has 1 aromatic rings. The molecule has 1 amide bonds. The van der Waals surface area contributed by atoms with Crippen molar-refractivity contribution < 1.29 is 19.4 Å². The predicted molar refractivity (Wildman–Crippen MR) is 87.1 cm³/mol. The summed E-state index contributed by atoms with van der Waals surface area (Å²) in [4.78, 5) is 23.9. The Morgan fingerprint density at radius 3 is 2.22 bits per heavy atom. The molecule has 5 nitrogen and oxygen atoms in total. The maximum absolute atomic E-state index is 12.4. The van der Waals surface area contributed by atoms with Crippen LogP contribution in [0.4, 0.5) is 0 Å². The Kier molecular flexibility index (Phi) is 5.42. The summed E-state index contributed by atoms with van der Waals surface area (Å²) < 4.78 is 5.09. The first kappa shape index (κ1) is 17.1. The number of benzene rings is 1. The van der Waals surface area contributed by atoms with Gasteiger partial charge in [0, 0.05) is 6.54 Å². The molecule has 0 saturated carbocycles. The van der Waals surface area contributed by atoms with E-state index in [-0.39, 0.29) is 5.91 Å². The van der Waals surface area contributed by atoms with Crippen LogP contribution in [0.15, 0.2) is 35.4 Å². The van der Waals surface area contributed by atoms with Gasteiger partial charge in [0.25, 0.3) is 0 Å². The van der Waals surface area contributed by atoms with Crippen molar-refractivity contribution in [3.8, 4) is 5.75 Å². The highest BCUT2D eigenvalue weighted by atomic mass is 16.5. The van der Waals surface area contributed by atoms with Crippen molar-refractivity contribution in [1.29, 1.82) is 0 Å². The molecule has 0 heterocycles. The highest BCUT2D eigenvalue weighted by molar-refractivity contribution is 5.85. The average molecular weight is 317 g/mol. The number of hydrogen-bond donors (Lipinski definition) is 2. The molecule has 0 fully saturated rings. The number of carboxylic acid groups (broad SMARTS) is 1. The maximum Gasteiger partial charge on any atom is 0.307 e. The molecule has 5 heteroatoms. The quantitative estimate of drug-likeness (QED) is 0.819. The van der Waals surface area contributed by atoms with Crippen molar-refractivity contribution in [2.75, 3.05) is 7.11 Å². The first-order valence-electron chi connectivity index (χ1n) is 7.71. The third-order valence-corrected chi connectivity index (χ3v) is 4.55. The third kappa shape index (κ3) is 4.12. The molecular weight excluding hydrogens is 294 g/mol. The zero-order valence-electron chi connectivity index (χ0n) is 13.8. The number of amides is 1. The van der Waals surface area contributed by atoms with E-state index in [9.17, 15) is 14.7 Å². The first-order valence-corrected chi connectivity index (χ1v) is 7.71. The third-order valence-electron chi connectivity index (χ3n) is 4.55. The second kappa shape index (κ2) is 7.31. The lowest BCUT2D eigenvalue weighted by Gasteiger charge is -2.29. The number of ether oxygens (including phenoxy) is 1. The number of carbonyl (C=O) groups excluding carboxylic acids is 1. The van der Waals surface area contributed by atoms with E-state index in [1.807, 2.05) is 38.1 Å². The van der Waals surface area contributed by atoms with Gasteiger partial charge in [0.1, 0.15) is 5.75 Å². The number of nitrogens with one attached hydrogen (secondary N) is 1. The van der Waals surface area contributed by atoms with Crippen LogP contribution < -0.4 is 10.1 Å². The minimum absolute atomic E-state index is 0.194. The minimum Gasteiger partial charge on any atom is -0.497 e. The van der Waals surface area contributed by atoms with Crippen LogP contribution in [0.5, 0.6) is 5.75 Å². The monoisotopic (exact) mass is 317 g/mol. The molecule has 1 aromatic carbocycles. The van der Waals surface area contributed by atoms with Gasteiger partial charge in [-0.3, -0.25) is 9.59 Å². The molecule has 2 rings (SSSR count). The number of methoxy groups -OCH3 is 1. The Morgan fingerprint density at radius 1 is 1.13 bits per heavy atom. The van der Waals surface area contributed by atoms with E-state index in [1.54, 1.807) is 7.11 Å². The summed E-state index contributed by atoms with van der Waals surface area (Å²) in [5, 5.41) is 12.2. The number of allylic oxidation sites excluding steroid dienone is 2. The van der Waals surface area contributed by atoms with Crippen molar-refractivity contribution in [2.45, 2.75) is 33.2 Å². The lowest BCUT2D eigenvalue weighted by atomic mass is 9.76. The molecule has 1 aliphatic rings. The Hall–Kier alpha value is -2.30. The van der Waals surface area contributed by atoms with Crippen molar-refractivity contribution in [1.82, 2.24) is 5.32 Å². The molecule has 2 atom stereocenters. The molecule has 0 radical (unpaired) electrons. The van der Waals surface area contributed by atoms with Crippen LogP contribution in [0, 0.1) is 11.8 Å². The van der Waals surface area contributed by atoms with Crippen LogP contribution >= 0.6 is 0 Å². The molecule has 23 heavy (non-hydrogen) atoms. The molecule has 124 valence electrons. The van der Waals surface area contributed by atoms with Gasteiger partial charge >= 0.3 is 5.97 Å². The van der Waals surface area contributed by atoms with Gasteiger partial charge in [-0.25, -0.2) is 0 Å². The Labute approximate surface area is 136 Å². The second-order valence-electron chi connectivity index (χ2n) is 6.09. The molecular formula is C18H23NO4. The number of carbonyl (C=O) groups is 2. The van der Waals surface area contributed by atoms with Crippen molar-refractivity contribution in [3.05, 3.63) is 41.0 Å².